The predicted octanol–water partition coefficient (Wildman–Crippen LogP) is 2.29. The number of hydrogen-bond acceptors (Lipinski definition) is 4. The van der Waals surface area contributed by atoms with Gasteiger partial charge in [-0.2, -0.15) is 0 Å². The van der Waals surface area contributed by atoms with E-state index in [0.29, 0.717) is 5.75 Å². The molecule has 150 valence electrons. The number of likely N-dealkylation sites (tertiary alicyclic amines) is 1. The van der Waals surface area contributed by atoms with E-state index in [1.165, 1.54) is 0 Å². The Hall–Kier alpha value is -1.79. The van der Waals surface area contributed by atoms with Crippen LogP contribution >= 0.6 is 12.4 Å². The number of halogens is 1. The summed E-state index contributed by atoms with van der Waals surface area (Å²) in [6.45, 7) is 5.38. The lowest BCUT2D eigenvalue weighted by Gasteiger charge is -2.23. The van der Waals surface area contributed by atoms with Crippen LogP contribution in [0.4, 0.5) is 0 Å². The lowest BCUT2D eigenvalue weighted by atomic mass is 10.0. The number of benzene rings is 1. The lowest BCUT2D eigenvalue weighted by Crippen LogP contribution is -2.35. The number of para-hydroxylation sites is 1. The van der Waals surface area contributed by atoms with E-state index in [2.05, 4.69) is 10.6 Å². The van der Waals surface area contributed by atoms with Crippen LogP contribution in [0.5, 0.6) is 5.75 Å². The molecule has 3 rings (SSSR count). The van der Waals surface area contributed by atoms with Gasteiger partial charge >= 0.3 is 0 Å². The molecule has 0 aromatic heterocycles. The van der Waals surface area contributed by atoms with Crippen molar-refractivity contribution < 1.29 is 14.3 Å². The number of amides is 2. The standard InChI is InChI=1S/C20H29N3O3.ClH/c1-2-17(22-20(25)15-9-10-21-13-15)16-7-3-4-8-18(16)26-14-19(24)23-11-5-6-12-23;/h3-4,7-8,15,17,21H,2,5-6,9-14H2,1H3,(H,22,25);1H. The minimum atomic E-state index is -0.110. The van der Waals surface area contributed by atoms with Gasteiger partial charge in [0.15, 0.2) is 6.61 Å². The van der Waals surface area contributed by atoms with E-state index < -0.39 is 0 Å². The van der Waals surface area contributed by atoms with Gasteiger partial charge in [0.1, 0.15) is 5.75 Å². The molecular formula is C20H30ClN3O3. The van der Waals surface area contributed by atoms with Crippen molar-refractivity contribution in [2.75, 3.05) is 32.8 Å². The topological polar surface area (TPSA) is 70.7 Å². The summed E-state index contributed by atoms with van der Waals surface area (Å²) in [7, 11) is 0. The van der Waals surface area contributed by atoms with Crippen LogP contribution < -0.4 is 15.4 Å². The number of nitrogens with zero attached hydrogens (tertiary/aromatic N) is 1. The summed E-state index contributed by atoms with van der Waals surface area (Å²) in [6.07, 6.45) is 3.79. The fourth-order valence-electron chi connectivity index (χ4n) is 3.66. The fraction of sp³-hybridized carbons (Fsp3) is 0.600. The highest BCUT2D eigenvalue weighted by molar-refractivity contribution is 5.85. The molecular weight excluding hydrogens is 366 g/mol. The highest BCUT2D eigenvalue weighted by Gasteiger charge is 2.26. The van der Waals surface area contributed by atoms with Gasteiger partial charge in [-0.05, 0) is 38.3 Å². The monoisotopic (exact) mass is 395 g/mol. The zero-order valence-electron chi connectivity index (χ0n) is 15.9. The normalized spacial score (nSPS) is 20.0. The predicted molar refractivity (Wildman–Crippen MR) is 107 cm³/mol. The SMILES string of the molecule is CCC(NC(=O)C1CCNC1)c1ccccc1OCC(=O)N1CCCC1.Cl. The first kappa shape index (κ1) is 21.5. The van der Waals surface area contributed by atoms with Crippen molar-refractivity contribution in [2.45, 2.75) is 38.6 Å². The van der Waals surface area contributed by atoms with Gasteiger partial charge in [0.05, 0.1) is 12.0 Å². The molecule has 1 aromatic carbocycles. The Bertz CT molecular complexity index is 629. The van der Waals surface area contributed by atoms with E-state index in [-0.39, 0.29) is 42.8 Å². The Morgan fingerprint density at radius 2 is 2.04 bits per heavy atom. The average molecular weight is 396 g/mol. The zero-order chi connectivity index (χ0) is 18.4. The number of ether oxygens (including phenoxy) is 1. The molecule has 2 saturated heterocycles. The molecule has 2 N–H and O–H groups in total. The Morgan fingerprint density at radius 3 is 2.70 bits per heavy atom. The molecule has 2 atom stereocenters. The van der Waals surface area contributed by atoms with Crippen LogP contribution in [-0.2, 0) is 9.59 Å². The molecule has 2 heterocycles. The van der Waals surface area contributed by atoms with Crippen LogP contribution in [-0.4, -0.2) is 49.5 Å². The smallest absolute Gasteiger partial charge is 0.260 e. The molecule has 0 saturated carbocycles. The van der Waals surface area contributed by atoms with Gasteiger partial charge in [-0.15, -0.1) is 12.4 Å². The lowest BCUT2D eigenvalue weighted by molar-refractivity contribution is -0.132. The second-order valence-electron chi connectivity index (χ2n) is 7.07. The van der Waals surface area contributed by atoms with E-state index >= 15 is 0 Å². The molecule has 0 spiro atoms. The van der Waals surface area contributed by atoms with Gasteiger partial charge in [-0.25, -0.2) is 0 Å². The van der Waals surface area contributed by atoms with Crippen molar-refractivity contribution in [3.8, 4) is 5.75 Å². The van der Waals surface area contributed by atoms with Gasteiger partial charge in [-0.1, -0.05) is 25.1 Å². The van der Waals surface area contributed by atoms with Crippen molar-refractivity contribution in [1.82, 2.24) is 15.5 Å². The summed E-state index contributed by atoms with van der Waals surface area (Å²) in [5, 5.41) is 6.38. The minimum Gasteiger partial charge on any atom is -0.483 e. The molecule has 2 aliphatic heterocycles. The summed E-state index contributed by atoms with van der Waals surface area (Å²) in [4.78, 5) is 26.6. The average Bonchev–Trinajstić information content (AvgIpc) is 3.38. The first-order chi connectivity index (χ1) is 12.7. The van der Waals surface area contributed by atoms with Crippen LogP contribution in [0.1, 0.15) is 44.2 Å². The van der Waals surface area contributed by atoms with Crippen LogP contribution in [0.15, 0.2) is 24.3 Å². The Morgan fingerprint density at radius 1 is 1.30 bits per heavy atom. The molecule has 2 aliphatic rings. The molecule has 0 aliphatic carbocycles. The molecule has 2 unspecified atom stereocenters. The Kier molecular flexibility index (Phi) is 8.38. The van der Waals surface area contributed by atoms with Crippen molar-refractivity contribution in [2.24, 2.45) is 5.92 Å². The third-order valence-electron chi connectivity index (χ3n) is 5.26. The minimum absolute atomic E-state index is 0. The largest absolute Gasteiger partial charge is 0.483 e. The Labute approximate surface area is 167 Å². The molecule has 2 fully saturated rings. The van der Waals surface area contributed by atoms with E-state index in [4.69, 9.17) is 4.74 Å². The summed E-state index contributed by atoms with van der Waals surface area (Å²) >= 11 is 0. The van der Waals surface area contributed by atoms with E-state index in [0.717, 1.165) is 57.4 Å². The molecule has 6 nitrogen and oxygen atoms in total. The summed E-state index contributed by atoms with van der Waals surface area (Å²) in [6, 6.07) is 7.57. The van der Waals surface area contributed by atoms with Crippen LogP contribution in [0.2, 0.25) is 0 Å². The van der Waals surface area contributed by atoms with Crippen molar-refractivity contribution in [1.29, 1.82) is 0 Å². The third-order valence-corrected chi connectivity index (χ3v) is 5.26. The molecule has 7 heteroatoms. The molecule has 27 heavy (non-hydrogen) atoms. The third kappa shape index (κ3) is 5.59. The molecule has 0 radical (unpaired) electrons. The number of carbonyl (C=O) groups excluding carboxylic acids is 2. The summed E-state index contributed by atoms with van der Waals surface area (Å²) < 4.78 is 5.85. The molecule has 2 amide bonds. The maximum absolute atomic E-state index is 12.5. The van der Waals surface area contributed by atoms with Gasteiger partial charge in [0.2, 0.25) is 5.91 Å². The van der Waals surface area contributed by atoms with E-state index in [1.807, 2.05) is 36.1 Å². The summed E-state index contributed by atoms with van der Waals surface area (Å²) in [5.74, 6) is 0.835. The van der Waals surface area contributed by atoms with E-state index in [1.54, 1.807) is 0 Å². The quantitative estimate of drug-likeness (QED) is 0.743. The van der Waals surface area contributed by atoms with Crippen molar-refractivity contribution in [3.05, 3.63) is 29.8 Å². The van der Waals surface area contributed by atoms with Crippen molar-refractivity contribution in [3.63, 3.8) is 0 Å². The highest BCUT2D eigenvalue weighted by atomic mass is 35.5. The van der Waals surface area contributed by atoms with Gasteiger partial charge in [0, 0.05) is 25.2 Å². The highest BCUT2D eigenvalue weighted by Crippen LogP contribution is 2.28. The molecule has 0 bridgehead atoms. The van der Waals surface area contributed by atoms with Gasteiger partial charge in [0.25, 0.3) is 5.91 Å². The van der Waals surface area contributed by atoms with Gasteiger partial charge in [-0.3, -0.25) is 9.59 Å². The maximum atomic E-state index is 12.5. The van der Waals surface area contributed by atoms with Crippen LogP contribution in [0, 0.1) is 5.92 Å². The Balaban J connectivity index is 0.00000261. The first-order valence-electron chi connectivity index (χ1n) is 9.69. The first-order valence-corrected chi connectivity index (χ1v) is 9.69. The van der Waals surface area contributed by atoms with Crippen LogP contribution in [0.25, 0.3) is 0 Å². The van der Waals surface area contributed by atoms with Crippen LogP contribution in [0.3, 0.4) is 0 Å². The fourth-order valence-corrected chi connectivity index (χ4v) is 3.66. The second kappa shape index (κ2) is 10.5. The maximum Gasteiger partial charge on any atom is 0.260 e. The zero-order valence-corrected chi connectivity index (χ0v) is 16.7. The van der Waals surface area contributed by atoms with E-state index in [9.17, 15) is 9.59 Å². The number of nitrogens with one attached hydrogen (secondary N) is 2. The second-order valence-corrected chi connectivity index (χ2v) is 7.07. The van der Waals surface area contributed by atoms with Gasteiger partial charge < -0.3 is 20.3 Å². The molecule has 1 aromatic rings. The number of rotatable bonds is 7. The number of carbonyl (C=O) groups is 2. The van der Waals surface area contributed by atoms with Crippen molar-refractivity contribution >= 4 is 24.2 Å². The summed E-state index contributed by atoms with van der Waals surface area (Å²) in [5.41, 5.74) is 0.934. The number of hydrogen-bond donors (Lipinski definition) is 2.